The summed E-state index contributed by atoms with van der Waals surface area (Å²) < 4.78 is 5.48. The van der Waals surface area contributed by atoms with Crippen LogP contribution < -0.4 is 0 Å². The number of aryl methyl sites for hydroxylation is 1. The van der Waals surface area contributed by atoms with Crippen molar-refractivity contribution in [1.29, 1.82) is 0 Å². The Hall–Kier alpha value is -2.17. The molecule has 5 heteroatoms. The van der Waals surface area contributed by atoms with Crippen molar-refractivity contribution < 1.29 is 4.52 Å². The summed E-state index contributed by atoms with van der Waals surface area (Å²) >= 11 is 5.93. The molecule has 4 nitrogen and oxygen atoms in total. The Morgan fingerprint density at radius 1 is 1.04 bits per heavy atom. The molecule has 0 bridgehead atoms. The smallest absolute Gasteiger partial charge is 0.241 e. The fraction of sp³-hybridized carbons (Fsp3) is 0.300. The van der Waals surface area contributed by atoms with E-state index < -0.39 is 0 Å². The number of aromatic nitrogens is 2. The fourth-order valence-corrected chi connectivity index (χ4v) is 3.02. The first-order valence-electron chi connectivity index (χ1n) is 8.55. The summed E-state index contributed by atoms with van der Waals surface area (Å²) in [5.74, 6) is 1.27. The predicted octanol–water partition coefficient (Wildman–Crippen LogP) is 4.86. The predicted molar refractivity (Wildman–Crippen MR) is 98.2 cm³/mol. The van der Waals surface area contributed by atoms with Crippen molar-refractivity contribution in [3.05, 3.63) is 70.6 Å². The standard InChI is InChI=1S/C20H20ClN3O/c1-14-2-4-15(5-3-14)12-24(18-10-11-18)13-19-22-20(23-25-19)16-6-8-17(21)9-7-16/h2-9,18H,10-13H2,1H3. The molecule has 1 aliphatic carbocycles. The van der Waals surface area contributed by atoms with Crippen LogP contribution in [-0.2, 0) is 13.1 Å². The number of hydrogen-bond acceptors (Lipinski definition) is 4. The molecule has 0 aliphatic heterocycles. The maximum absolute atomic E-state index is 5.93. The highest BCUT2D eigenvalue weighted by atomic mass is 35.5. The summed E-state index contributed by atoms with van der Waals surface area (Å²) in [6, 6.07) is 16.8. The first-order chi connectivity index (χ1) is 12.2. The number of benzene rings is 2. The van der Waals surface area contributed by atoms with Gasteiger partial charge in [0.15, 0.2) is 0 Å². The van der Waals surface area contributed by atoms with Gasteiger partial charge in [0.05, 0.1) is 6.54 Å². The Labute approximate surface area is 152 Å². The van der Waals surface area contributed by atoms with Crippen LogP contribution in [0, 0.1) is 6.92 Å². The summed E-state index contributed by atoms with van der Waals surface area (Å²) in [6.07, 6.45) is 2.48. The van der Waals surface area contributed by atoms with Crippen molar-refractivity contribution in [2.45, 2.75) is 38.9 Å². The molecular weight excluding hydrogens is 334 g/mol. The number of rotatable bonds is 6. The molecule has 25 heavy (non-hydrogen) atoms. The van der Waals surface area contributed by atoms with E-state index in [-0.39, 0.29) is 0 Å². The minimum atomic E-state index is 0.609. The van der Waals surface area contributed by atoms with Crippen LogP contribution in [0.15, 0.2) is 53.1 Å². The number of hydrogen-bond donors (Lipinski definition) is 0. The van der Waals surface area contributed by atoms with Crippen LogP contribution in [0.3, 0.4) is 0 Å². The van der Waals surface area contributed by atoms with Gasteiger partial charge >= 0.3 is 0 Å². The SMILES string of the molecule is Cc1ccc(CN(Cc2nc(-c3ccc(Cl)cc3)no2)C2CC2)cc1. The highest BCUT2D eigenvalue weighted by Crippen LogP contribution is 2.30. The van der Waals surface area contributed by atoms with Crippen molar-refractivity contribution in [2.75, 3.05) is 0 Å². The van der Waals surface area contributed by atoms with Crippen molar-refractivity contribution in [2.24, 2.45) is 0 Å². The Kier molecular flexibility index (Phi) is 4.55. The largest absolute Gasteiger partial charge is 0.338 e. The molecule has 0 spiro atoms. The van der Waals surface area contributed by atoms with E-state index in [9.17, 15) is 0 Å². The van der Waals surface area contributed by atoms with Crippen LogP contribution in [0.4, 0.5) is 0 Å². The quantitative estimate of drug-likeness (QED) is 0.634. The van der Waals surface area contributed by atoms with Crippen LogP contribution in [0.2, 0.25) is 5.02 Å². The van der Waals surface area contributed by atoms with Gasteiger partial charge in [-0.3, -0.25) is 4.90 Å². The maximum Gasteiger partial charge on any atom is 0.241 e. The third kappa shape index (κ3) is 4.09. The van der Waals surface area contributed by atoms with E-state index >= 15 is 0 Å². The molecule has 0 radical (unpaired) electrons. The van der Waals surface area contributed by atoms with E-state index in [1.54, 1.807) is 0 Å². The van der Waals surface area contributed by atoms with Gasteiger partial charge in [-0.05, 0) is 49.6 Å². The zero-order valence-electron chi connectivity index (χ0n) is 14.2. The van der Waals surface area contributed by atoms with Crippen LogP contribution in [0.25, 0.3) is 11.4 Å². The molecule has 2 aromatic carbocycles. The lowest BCUT2D eigenvalue weighted by Gasteiger charge is -2.20. The number of nitrogens with zero attached hydrogens (tertiary/aromatic N) is 3. The molecule has 0 atom stereocenters. The molecule has 4 rings (SSSR count). The van der Waals surface area contributed by atoms with E-state index in [0.29, 0.717) is 29.3 Å². The molecule has 1 saturated carbocycles. The topological polar surface area (TPSA) is 42.2 Å². The zero-order chi connectivity index (χ0) is 17.2. The molecule has 0 unspecified atom stereocenters. The van der Waals surface area contributed by atoms with Crippen LogP contribution in [-0.4, -0.2) is 21.1 Å². The molecule has 1 aromatic heterocycles. The third-order valence-corrected chi connectivity index (χ3v) is 4.73. The zero-order valence-corrected chi connectivity index (χ0v) is 14.9. The van der Waals surface area contributed by atoms with Crippen LogP contribution in [0.5, 0.6) is 0 Å². The second-order valence-corrected chi connectivity index (χ2v) is 7.08. The lowest BCUT2D eigenvalue weighted by atomic mass is 10.1. The van der Waals surface area contributed by atoms with Crippen molar-refractivity contribution in [1.82, 2.24) is 15.0 Å². The van der Waals surface area contributed by atoms with Gasteiger partial charge in [-0.15, -0.1) is 0 Å². The highest BCUT2D eigenvalue weighted by Gasteiger charge is 2.30. The molecule has 1 fully saturated rings. The summed E-state index contributed by atoms with van der Waals surface area (Å²) in [7, 11) is 0. The minimum Gasteiger partial charge on any atom is -0.338 e. The summed E-state index contributed by atoms with van der Waals surface area (Å²) in [5, 5.41) is 4.81. The van der Waals surface area contributed by atoms with Gasteiger partial charge in [-0.25, -0.2) is 0 Å². The second-order valence-electron chi connectivity index (χ2n) is 6.64. The van der Waals surface area contributed by atoms with E-state index in [0.717, 1.165) is 12.1 Å². The first kappa shape index (κ1) is 16.3. The van der Waals surface area contributed by atoms with Crippen molar-refractivity contribution >= 4 is 11.6 Å². The first-order valence-corrected chi connectivity index (χ1v) is 8.93. The average Bonchev–Trinajstić information content (AvgIpc) is 3.36. The van der Waals surface area contributed by atoms with Crippen LogP contribution in [0.1, 0.15) is 29.9 Å². The second kappa shape index (κ2) is 6.98. The minimum absolute atomic E-state index is 0.609. The molecular formula is C20H20ClN3O. The third-order valence-electron chi connectivity index (χ3n) is 4.48. The summed E-state index contributed by atoms with van der Waals surface area (Å²) in [6.45, 7) is 3.70. The Bertz CT molecular complexity index is 838. The lowest BCUT2D eigenvalue weighted by Crippen LogP contribution is -2.25. The summed E-state index contributed by atoms with van der Waals surface area (Å²) in [4.78, 5) is 6.97. The van der Waals surface area contributed by atoms with Gasteiger partial charge < -0.3 is 4.52 Å². The van der Waals surface area contributed by atoms with Gasteiger partial charge in [-0.1, -0.05) is 46.6 Å². The Balaban J connectivity index is 1.47. The molecule has 128 valence electrons. The Morgan fingerprint density at radius 2 is 1.76 bits per heavy atom. The van der Waals surface area contributed by atoms with E-state index in [2.05, 4.69) is 46.2 Å². The van der Waals surface area contributed by atoms with E-state index in [1.165, 1.54) is 24.0 Å². The summed E-state index contributed by atoms with van der Waals surface area (Å²) in [5.41, 5.74) is 3.51. The van der Waals surface area contributed by atoms with Gasteiger partial charge in [0, 0.05) is 23.2 Å². The normalized spacial score (nSPS) is 14.2. The molecule has 0 saturated heterocycles. The molecule has 1 aliphatic rings. The average molecular weight is 354 g/mol. The molecule has 1 heterocycles. The van der Waals surface area contributed by atoms with Gasteiger partial charge in [0.25, 0.3) is 0 Å². The highest BCUT2D eigenvalue weighted by molar-refractivity contribution is 6.30. The van der Waals surface area contributed by atoms with E-state index in [1.807, 2.05) is 24.3 Å². The van der Waals surface area contributed by atoms with Gasteiger partial charge in [0.2, 0.25) is 11.7 Å². The van der Waals surface area contributed by atoms with Crippen molar-refractivity contribution in [3.63, 3.8) is 0 Å². The monoisotopic (exact) mass is 353 g/mol. The number of halogens is 1. The van der Waals surface area contributed by atoms with E-state index in [4.69, 9.17) is 16.1 Å². The van der Waals surface area contributed by atoms with Gasteiger partial charge in [0.1, 0.15) is 0 Å². The fourth-order valence-electron chi connectivity index (χ4n) is 2.89. The molecule has 0 amide bonds. The molecule has 0 N–H and O–H groups in total. The maximum atomic E-state index is 5.93. The van der Waals surface area contributed by atoms with Gasteiger partial charge in [-0.2, -0.15) is 4.98 Å². The Morgan fingerprint density at radius 3 is 2.44 bits per heavy atom. The van der Waals surface area contributed by atoms with Crippen molar-refractivity contribution in [3.8, 4) is 11.4 Å². The lowest BCUT2D eigenvalue weighted by molar-refractivity contribution is 0.209. The van der Waals surface area contributed by atoms with Crippen LogP contribution >= 0.6 is 11.6 Å². The molecule has 3 aromatic rings.